The average molecular weight is 275 g/mol. The van der Waals surface area contributed by atoms with Crippen molar-refractivity contribution in [1.29, 1.82) is 0 Å². The summed E-state index contributed by atoms with van der Waals surface area (Å²) in [6.45, 7) is 4.88. The van der Waals surface area contributed by atoms with E-state index in [1.54, 1.807) is 11.0 Å². The van der Waals surface area contributed by atoms with E-state index >= 15 is 0 Å². The summed E-state index contributed by atoms with van der Waals surface area (Å²) in [5.74, 6) is -0.0416. The molecule has 1 fully saturated rings. The van der Waals surface area contributed by atoms with E-state index in [-0.39, 0.29) is 24.7 Å². The summed E-state index contributed by atoms with van der Waals surface area (Å²) in [7, 11) is 0. The van der Waals surface area contributed by atoms with Crippen LogP contribution in [0.1, 0.15) is 18.1 Å². The summed E-state index contributed by atoms with van der Waals surface area (Å²) in [5.41, 5.74) is 2.18. The van der Waals surface area contributed by atoms with Crippen LogP contribution in [0.5, 0.6) is 0 Å². The maximum absolute atomic E-state index is 12.2. The van der Waals surface area contributed by atoms with Crippen LogP contribution in [0.15, 0.2) is 30.3 Å². The second kappa shape index (κ2) is 6.68. The molecule has 2 rings (SSSR count). The van der Waals surface area contributed by atoms with Gasteiger partial charge in [0, 0.05) is 19.2 Å². The molecule has 0 aromatic heterocycles. The number of morpholine rings is 1. The van der Waals surface area contributed by atoms with Crippen LogP contribution in [0.25, 0.3) is 6.08 Å². The second-order valence-electron chi connectivity index (χ2n) is 5.24. The molecule has 1 amide bonds. The Bertz CT molecular complexity index is 498. The molecule has 108 valence electrons. The quantitative estimate of drug-likeness (QED) is 0.853. The molecule has 0 radical (unpaired) electrons. The van der Waals surface area contributed by atoms with E-state index in [2.05, 4.69) is 0 Å². The fourth-order valence-corrected chi connectivity index (χ4v) is 2.37. The van der Waals surface area contributed by atoms with Crippen LogP contribution in [0, 0.1) is 6.92 Å². The molecular weight excluding hydrogens is 254 g/mol. The lowest BCUT2D eigenvalue weighted by atomic mass is 10.1. The van der Waals surface area contributed by atoms with Gasteiger partial charge in [-0.25, -0.2) is 0 Å². The minimum atomic E-state index is -0.282. The largest absolute Gasteiger partial charge is 0.394 e. The third kappa shape index (κ3) is 3.92. The second-order valence-corrected chi connectivity index (χ2v) is 5.24. The molecule has 4 heteroatoms. The van der Waals surface area contributed by atoms with Gasteiger partial charge in [-0.3, -0.25) is 4.79 Å². The number of hydrogen-bond acceptors (Lipinski definition) is 3. The molecule has 1 aliphatic heterocycles. The van der Waals surface area contributed by atoms with Crippen molar-refractivity contribution < 1.29 is 14.6 Å². The molecule has 1 aliphatic rings. The molecule has 1 heterocycles. The number of benzene rings is 1. The van der Waals surface area contributed by atoms with Crippen LogP contribution in [0.4, 0.5) is 0 Å². The molecule has 0 saturated carbocycles. The van der Waals surface area contributed by atoms with Crippen molar-refractivity contribution in [3.8, 4) is 0 Å². The van der Waals surface area contributed by atoms with Crippen molar-refractivity contribution >= 4 is 12.0 Å². The number of amides is 1. The predicted molar refractivity (Wildman–Crippen MR) is 78.2 cm³/mol. The fourth-order valence-electron chi connectivity index (χ4n) is 2.37. The summed E-state index contributed by atoms with van der Waals surface area (Å²) in [6, 6.07) is 7.99. The van der Waals surface area contributed by atoms with E-state index in [0.29, 0.717) is 13.1 Å². The first kappa shape index (κ1) is 14.8. The molecule has 4 nitrogen and oxygen atoms in total. The van der Waals surface area contributed by atoms with E-state index in [1.165, 1.54) is 5.56 Å². The minimum Gasteiger partial charge on any atom is -0.394 e. The number of nitrogens with zero attached hydrogens (tertiary/aromatic N) is 1. The summed E-state index contributed by atoms with van der Waals surface area (Å²) >= 11 is 0. The van der Waals surface area contributed by atoms with Gasteiger partial charge in [-0.05, 0) is 25.5 Å². The number of aliphatic hydroxyl groups excluding tert-OH is 1. The molecule has 0 aliphatic carbocycles. The van der Waals surface area contributed by atoms with Crippen LogP contribution < -0.4 is 0 Å². The van der Waals surface area contributed by atoms with Gasteiger partial charge in [0.25, 0.3) is 0 Å². The van der Waals surface area contributed by atoms with Crippen molar-refractivity contribution in [2.24, 2.45) is 0 Å². The van der Waals surface area contributed by atoms with Crippen LogP contribution in [-0.4, -0.2) is 47.8 Å². The van der Waals surface area contributed by atoms with E-state index in [0.717, 1.165) is 5.56 Å². The Kier molecular flexibility index (Phi) is 4.93. The van der Waals surface area contributed by atoms with Gasteiger partial charge in [-0.1, -0.05) is 29.8 Å². The zero-order valence-electron chi connectivity index (χ0n) is 12.0. The maximum atomic E-state index is 12.2. The van der Waals surface area contributed by atoms with Crippen molar-refractivity contribution in [3.05, 3.63) is 41.5 Å². The normalized spacial score (nSPS) is 23.2. The summed E-state index contributed by atoms with van der Waals surface area (Å²) < 4.78 is 5.53. The topological polar surface area (TPSA) is 49.8 Å². The lowest BCUT2D eigenvalue weighted by Crippen LogP contribution is -2.49. The first-order valence-electron chi connectivity index (χ1n) is 6.88. The van der Waals surface area contributed by atoms with Crippen molar-refractivity contribution in [1.82, 2.24) is 4.90 Å². The Labute approximate surface area is 119 Å². The Morgan fingerprint density at radius 3 is 3.00 bits per heavy atom. The van der Waals surface area contributed by atoms with Crippen molar-refractivity contribution in [3.63, 3.8) is 0 Å². The monoisotopic (exact) mass is 275 g/mol. The Morgan fingerprint density at radius 2 is 2.30 bits per heavy atom. The molecule has 1 aromatic rings. The smallest absolute Gasteiger partial charge is 0.246 e. The van der Waals surface area contributed by atoms with E-state index in [4.69, 9.17) is 9.84 Å². The number of aliphatic hydroxyl groups is 1. The Morgan fingerprint density at radius 1 is 1.50 bits per heavy atom. The van der Waals surface area contributed by atoms with Gasteiger partial charge in [0.2, 0.25) is 5.91 Å². The van der Waals surface area contributed by atoms with Crippen LogP contribution in [0.3, 0.4) is 0 Å². The van der Waals surface area contributed by atoms with E-state index in [9.17, 15) is 4.79 Å². The zero-order chi connectivity index (χ0) is 14.5. The van der Waals surface area contributed by atoms with Gasteiger partial charge in [-0.15, -0.1) is 0 Å². The first-order valence-corrected chi connectivity index (χ1v) is 6.88. The van der Waals surface area contributed by atoms with Crippen molar-refractivity contribution in [2.45, 2.75) is 26.1 Å². The van der Waals surface area contributed by atoms with Gasteiger partial charge in [-0.2, -0.15) is 0 Å². The Balaban J connectivity index is 2.00. The number of carbonyl (C=O) groups is 1. The SMILES string of the molecule is Cc1cccc(/C=C/C(=O)N2CC(C)OC(CO)C2)c1. The highest BCUT2D eigenvalue weighted by molar-refractivity contribution is 5.91. The van der Waals surface area contributed by atoms with Gasteiger partial charge in [0.15, 0.2) is 0 Å². The lowest BCUT2D eigenvalue weighted by molar-refractivity contribution is -0.142. The maximum Gasteiger partial charge on any atom is 0.246 e. The summed E-state index contributed by atoms with van der Waals surface area (Å²) in [6.07, 6.45) is 3.08. The average Bonchev–Trinajstić information content (AvgIpc) is 2.44. The molecule has 1 saturated heterocycles. The summed E-state index contributed by atoms with van der Waals surface area (Å²) in [5, 5.41) is 9.17. The highest BCUT2D eigenvalue weighted by Crippen LogP contribution is 2.12. The van der Waals surface area contributed by atoms with E-state index in [1.807, 2.05) is 44.2 Å². The van der Waals surface area contributed by atoms with Crippen LogP contribution in [0.2, 0.25) is 0 Å². The third-order valence-corrected chi connectivity index (χ3v) is 3.30. The standard InChI is InChI=1S/C16H21NO3/c1-12-4-3-5-14(8-12)6-7-16(19)17-9-13(2)20-15(10-17)11-18/h3-8,13,15,18H,9-11H2,1-2H3/b7-6+. The number of hydrogen-bond donors (Lipinski definition) is 1. The zero-order valence-corrected chi connectivity index (χ0v) is 12.0. The summed E-state index contributed by atoms with van der Waals surface area (Å²) in [4.78, 5) is 13.9. The van der Waals surface area contributed by atoms with Crippen LogP contribution >= 0.6 is 0 Å². The van der Waals surface area contributed by atoms with Gasteiger partial charge in [0.05, 0.1) is 18.8 Å². The lowest BCUT2D eigenvalue weighted by Gasteiger charge is -2.35. The fraction of sp³-hybridized carbons (Fsp3) is 0.438. The van der Waals surface area contributed by atoms with E-state index < -0.39 is 0 Å². The number of carbonyl (C=O) groups excluding carboxylic acids is 1. The predicted octanol–water partition coefficient (Wildman–Crippen LogP) is 1.62. The Hall–Kier alpha value is -1.65. The number of aryl methyl sites for hydroxylation is 1. The molecule has 1 aromatic carbocycles. The van der Waals surface area contributed by atoms with Crippen molar-refractivity contribution in [2.75, 3.05) is 19.7 Å². The first-order chi connectivity index (χ1) is 9.58. The molecule has 1 N–H and O–H groups in total. The van der Waals surface area contributed by atoms with Gasteiger partial charge < -0.3 is 14.7 Å². The minimum absolute atomic E-state index is 0.0416. The molecule has 0 bridgehead atoms. The number of ether oxygens (including phenoxy) is 1. The highest BCUT2D eigenvalue weighted by Gasteiger charge is 2.26. The molecular formula is C16H21NO3. The highest BCUT2D eigenvalue weighted by atomic mass is 16.5. The third-order valence-electron chi connectivity index (χ3n) is 3.30. The molecule has 2 unspecified atom stereocenters. The molecule has 20 heavy (non-hydrogen) atoms. The molecule has 2 atom stereocenters. The van der Waals surface area contributed by atoms with Gasteiger partial charge >= 0.3 is 0 Å². The molecule has 0 spiro atoms. The number of rotatable bonds is 3. The van der Waals surface area contributed by atoms with Gasteiger partial charge in [0.1, 0.15) is 0 Å². The van der Waals surface area contributed by atoms with Crippen LogP contribution in [-0.2, 0) is 9.53 Å².